The van der Waals surface area contributed by atoms with Crippen LogP contribution >= 0.6 is 15.9 Å². The quantitative estimate of drug-likeness (QED) is 0.779. The minimum absolute atomic E-state index is 0.285. The number of pyridine rings is 1. The van der Waals surface area contributed by atoms with Crippen molar-refractivity contribution in [3.05, 3.63) is 28.5 Å². The molecule has 0 bridgehead atoms. The van der Waals surface area contributed by atoms with Gasteiger partial charge in [-0.2, -0.15) is 0 Å². The molecular formula is C13H15BrFN3O. The van der Waals surface area contributed by atoms with E-state index in [-0.39, 0.29) is 11.6 Å². The molecule has 1 fully saturated rings. The summed E-state index contributed by atoms with van der Waals surface area (Å²) < 4.78 is 18.5. The topological polar surface area (TPSA) is 74.2 Å². The number of aromatic nitrogens is 1. The largest absolute Gasteiger partial charge is 0.398 e. The first-order valence-electron chi connectivity index (χ1n) is 5.96. The molecule has 2 heterocycles. The first kappa shape index (κ1) is 14.0. The maximum Gasteiger partial charge on any atom is 0.126 e. The minimum atomic E-state index is -0.373. The van der Waals surface area contributed by atoms with Gasteiger partial charge in [-0.25, -0.2) is 9.37 Å². The summed E-state index contributed by atoms with van der Waals surface area (Å²) in [6, 6.07) is 4.19. The third-order valence-electron chi connectivity index (χ3n) is 2.70. The van der Waals surface area contributed by atoms with Crippen LogP contribution in [0.25, 0.3) is 10.9 Å². The molecule has 19 heavy (non-hydrogen) atoms. The summed E-state index contributed by atoms with van der Waals surface area (Å²) in [5, 5.41) is 0.681. The van der Waals surface area contributed by atoms with E-state index in [0.717, 1.165) is 13.2 Å². The van der Waals surface area contributed by atoms with Gasteiger partial charge in [-0.1, -0.05) is 0 Å². The van der Waals surface area contributed by atoms with Crippen LogP contribution in [0.1, 0.15) is 12.8 Å². The van der Waals surface area contributed by atoms with Gasteiger partial charge in [-0.15, -0.1) is 0 Å². The Morgan fingerprint density at radius 3 is 2.42 bits per heavy atom. The van der Waals surface area contributed by atoms with E-state index >= 15 is 0 Å². The Bertz CT molecular complexity index is 537. The maximum absolute atomic E-state index is 13.0. The molecule has 0 spiro atoms. The number of hydrogen-bond donors (Lipinski definition) is 2. The molecule has 0 unspecified atom stereocenters. The fourth-order valence-corrected chi connectivity index (χ4v) is 2.50. The van der Waals surface area contributed by atoms with Gasteiger partial charge in [-0.3, -0.25) is 0 Å². The van der Waals surface area contributed by atoms with Gasteiger partial charge >= 0.3 is 0 Å². The highest BCUT2D eigenvalue weighted by atomic mass is 79.9. The van der Waals surface area contributed by atoms with E-state index in [4.69, 9.17) is 16.2 Å². The lowest BCUT2D eigenvalue weighted by atomic mass is 10.2. The summed E-state index contributed by atoms with van der Waals surface area (Å²) in [6.07, 6.45) is 2.56. The number of anilines is 2. The summed E-state index contributed by atoms with van der Waals surface area (Å²) in [4.78, 5) is 3.99. The van der Waals surface area contributed by atoms with Gasteiger partial charge in [0.1, 0.15) is 11.6 Å². The second-order valence-electron chi connectivity index (χ2n) is 4.24. The Labute approximate surface area is 119 Å². The minimum Gasteiger partial charge on any atom is -0.398 e. The predicted molar refractivity (Wildman–Crippen MR) is 78.3 cm³/mol. The molecule has 1 aromatic heterocycles. The predicted octanol–water partition coefficient (Wildman–Crippen LogP) is 3.10. The summed E-state index contributed by atoms with van der Waals surface area (Å²) in [6.45, 7) is 2.00. The lowest BCUT2D eigenvalue weighted by Gasteiger charge is -2.05. The molecule has 0 atom stereocenters. The van der Waals surface area contributed by atoms with Gasteiger partial charge in [-0.05, 0) is 34.8 Å². The number of benzene rings is 1. The van der Waals surface area contributed by atoms with Crippen LogP contribution in [0.15, 0.2) is 22.7 Å². The number of fused-ring (bicyclic) bond motifs is 1. The average molecular weight is 328 g/mol. The van der Waals surface area contributed by atoms with Crippen molar-refractivity contribution in [2.45, 2.75) is 12.8 Å². The highest BCUT2D eigenvalue weighted by molar-refractivity contribution is 9.10. The zero-order valence-corrected chi connectivity index (χ0v) is 11.9. The summed E-state index contributed by atoms with van der Waals surface area (Å²) >= 11 is 3.22. The fourth-order valence-electron chi connectivity index (χ4n) is 1.85. The molecule has 1 aliphatic rings. The number of nitrogen functional groups attached to an aromatic ring is 2. The van der Waals surface area contributed by atoms with Crippen molar-refractivity contribution in [1.82, 2.24) is 4.98 Å². The van der Waals surface area contributed by atoms with Crippen LogP contribution in [-0.2, 0) is 4.74 Å². The number of nitrogens with zero attached hydrogens (tertiary/aromatic N) is 1. The fraction of sp³-hybridized carbons (Fsp3) is 0.308. The van der Waals surface area contributed by atoms with E-state index in [2.05, 4.69) is 20.9 Å². The molecule has 1 aliphatic heterocycles. The van der Waals surface area contributed by atoms with Crippen molar-refractivity contribution < 1.29 is 9.13 Å². The van der Waals surface area contributed by atoms with Gasteiger partial charge in [0.05, 0.1) is 5.52 Å². The molecule has 1 saturated heterocycles. The molecule has 6 heteroatoms. The van der Waals surface area contributed by atoms with E-state index in [1.54, 1.807) is 6.07 Å². The van der Waals surface area contributed by atoms with Crippen molar-refractivity contribution >= 4 is 38.3 Å². The Morgan fingerprint density at radius 2 is 1.84 bits per heavy atom. The summed E-state index contributed by atoms with van der Waals surface area (Å²) in [7, 11) is 0. The van der Waals surface area contributed by atoms with Crippen LogP contribution in [0.3, 0.4) is 0 Å². The van der Waals surface area contributed by atoms with Crippen molar-refractivity contribution in [2.24, 2.45) is 0 Å². The molecule has 0 radical (unpaired) electrons. The summed E-state index contributed by atoms with van der Waals surface area (Å²) in [5.41, 5.74) is 12.2. The smallest absolute Gasteiger partial charge is 0.126 e. The lowest BCUT2D eigenvalue weighted by molar-refractivity contribution is 0.198. The first-order valence-corrected chi connectivity index (χ1v) is 6.75. The molecule has 0 amide bonds. The van der Waals surface area contributed by atoms with Gasteiger partial charge in [0.15, 0.2) is 0 Å². The third-order valence-corrected chi connectivity index (χ3v) is 3.33. The van der Waals surface area contributed by atoms with Crippen molar-refractivity contribution in [1.29, 1.82) is 0 Å². The van der Waals surface area contributed by atoms with Crippen LogP contribution in [0.2, 0.25) is 0 Å². The molecule has 4 nitrogen and oxygen atoms in total. The van der Waals surface area contributed by atoms with E-state index in [0.29, 0.717) is 21.1 Å². The Morgan fingerprint density at radius 1 is 1.16 bits per heavy atom. The van der Waals surface area contributed by atoms with Gasteiger partial charge in [0.2, 0.25) is 0 Å². The molecule has 0 saturated carbocycles. The summed E-state index contributed by atoms with van der Waals surface area (Å²) in [5.74, 6) is -0.0885. The van der Waals surface area contributed by atoms with E-state index in [1.165, 1.54) is 25.0 Å². The number of nitrogens with two attached hydrogens (primary N) is 2. The standard InChI is InChI=1S/C9H7BrFN3.C4H8O/c10-5-1-4(11)2-7-9(5)6(12)3-8(13)14-7;1-2-4-5-3-1/h1-3H,(H4,12,13,14);1-4H2. The van der Waals surface area contributed by atoms with Crippen LogP contribution in [0, 0.1) is 5.82 Å². The second kappa shape index (κ2) is 6.16. The Balaban J connectivity index is 0.000000224. The zero-order chi connectivity index (χ0) is 13.8. The number of rotatable bonds is 0. The highest BCUT2D eigenvalue weighted by Crippen LogP contribution is 2.30. The van der Waals surface area contributed by atoms with E-state index in [1.807, 2.05) is 0 Å². The zero-order valence-electron chi connectivity index (χ0n) is 10.3. The highest BCUT2D eigenvalue weighted by Gasteiger charge is 2.07. The maximum atomic E-state index is 13.0. The molecule has 3 rings (SSSR count). The lowest BCUT2D eigenvalue weighted by Crippen LogP contribution is -1.96. The number of halogens is 2. The van der Waals surface area contributed by atoms with Crippen LogP contribution < -0.4 is 11.5 Å². The number of hydrogen-bond acceptors (Lipinski definition) is 4. The molecule has 0 aliphatic carbocycles. The van der Waals surface area contributed by atoms with Crippen molar-refractivity contribution in [2.75, 3.05) is 24.7 Å². The first-order chi connectivity index (χ1) is 9.08. The SMILES string of the molecule is C1CCOC1.Nc1cc(N)c2c(Br)cc(F)cc2n1. The molecule has 1 aromatic carbocycles. The molecule has 102 valence electrons. The van der Waals surface area contributed by atoms with Crippen molar-refractivity contribution in [3.63, 3.8) is 0 Å². The molecule has 2 aromatic rings. The van der Waals surface area contributed by atoms with Gasteiger partial charge < -0.3 is 16.2 Å². The van der Waals surface area contributed by atoms with E-state index in [9.17, 15) is 4.39 Å². The molecular weight excluding hydrogens is 313 g/mol. The number of ether oxygens (including phenoxy) is 1. The Hall–Kier alpha value is -1.40. The average Bonchev–Trinajstić information content (AvgIpc) is 2.84. The van der Waals surface area contributed by atoms with Crippen molar-refractivity contribution in [3.8, 4) is 0 Å². The van der Waals surface area contributed by atoms with Crippen LogP contribution in [0.4, 0.5) is 15.9 Å². The van der Waals surface area contributed by atoms with Gasteiger partial charge in [0.25, 0.3) is 0 Å². The molecule has 4 N–H and O–H groups in total. The monoisotopic (exact) mass is 327 g/mol. The van der Waals surface area contributed by atoms with Crippen LogP contribution in [-0.4, -0.2) is 18.2 Å². The second-order valence-corrected chi connectivity index (χ2v) is 5.09. The van der Waals surface area contributed by atoms with E-state index < -0.39 is 0 Å². The van der Waals surface area contributed by atoms with Crippen LogP contribution in [0.5, 0.6) is 0 Å². The normalized spacial score (nSPS) is 14.2. The Kier molecular flexibility index (Phi) is 4.55. The van der Waals surface area contributed by atoms with Gasteiger partial charge in [0, 0.05) is 40.9 Å². The third kappa shape index (κ3) is 3.54.